The second-order valence-electron chi connectivity index (χ2n) is 3.48. The average Bonchev–Trinajstić information content (AvgIpc) is 2.29. The zero-order valence-corrected chi connectivity index (χ0v) is 8.31. The number of aromatic nitrogens is 1. The Balaban J connectivity index is 2.34. The van der Waals surface area contributed by atoms with Gasteiger partial charge in [0.1, 0.15) is 5.78 Å². The van der Waals surface area contributed by atoms with Gasteiger partial charge in [-0.3, -0.25) is 4.98 Å². The van der Waals surface area contributed by atoms with Crippen molar-refractivity contribution >= 4 is 24.4 Å². The normalized spacial score (nSPS) is 10.4. The molecule has 0 fully saturated rings. The lowest BCUT2D eigenvalue weighted by atomic mass is 9.95. The van der Waals surface area contributed by atoms with Crippen LogP contribution in [0, 0.1) is 0 Å². The van der Waals surface area contributed by atoms with E-state index in [-0.39, 0.29) is 12.1 Å². The Morgan fingerprint density at radius 3 is 2.93 bits per heavy atom. The van der Waals surface area contributed by atoms with Gasteiger partial charge in [-0.25, -0.2) is 0 Å². The molecule has 2 aromatic rings. The molecule has 0 aliphatic rings. The summed E-state index contributed by atoms with van der Waals surface area (Å²) in [5.74, 6) is 0.0587. The molecule has 72 valence electrons. The van der Waals surface area contributed by atoms with Gasteiger partial charge in [-0.05, 0) is 23.3 Å². The van der Waals surface area contributed by atoms with E-state index in [4.69, 9.17) is 7.85 Å². The molecular formula is C12H10BNO. The first-order chi connectivity index (χ1) is 7.29. The Morgan fingerprint density at radius 1 is 1.27 bits per heavy atom. The van der Waals surface area contributed by atoms with Gasteiger partial charge in [0.15, 0.2) is 0 Å². The van der Waals surface area contributed by atoms with Crippen LogP contribution in [-0.2, 0) is 11.2 Å². The van der Waals surface area contributed by atoms with Gasteiger partial charge in [-0.2, -0.15) is 0 Å². The number of pyridine rings is 1. The summed E-state index contributed by atoms with van der Waals surface area (Å²) in [5, 5.41) is 2.19. The van der Waals surface area contributed by atoms with E-state index in [0.717, 1.165) is 16.3 Å². The van der Waals surface area contributed by atoms with E-state index in [1.54, 1.807) is 6.20 Å². The number of carbonyl (C=O) groups is 1. The third kappa shape index (κ3) is 2.24. The lowest BCUT2D eigenvalue weighted by Gasteiger charge is -2.01. The molecule has 0 bridgehead atoms. The quantitative estimate of drug-likeness (QED) is 0.700. The summed E-state index contributed by atoms with van der Waals surface area (Å²) in [6.07, 6.45) is 4.07. The molecular weight excluding hydrogens is 185 g/mol. The summed E-state index contributed by atoms with van der Waals surface area (Å²) in [4.78, 5) is 15.2. The van der Waals surface area contributed by atoms with Crippen LogP contribution in [0.4, 0.5) is 0 Å². The maximum absolute atomic E-state index is 11.2. The molecule has 2 radical (unpaired) electrons. The summed E-state index contributed by atoms with van der Waals surface area (Å²) in [6.45, 7) is 0. The molecule has 0 saturated carbocycles. The van der Waals surface area contributed by atoms with Crippen molar-refractivity contribution < 1.29 is 4.79 Å². The van der Waals surface area contributed by atoms with Crippen molar-refractivity contribution in [3.8, 4) is 0 Å². The fourth-order valence-electron chi connectivity index (χ4n) is 1.54. The fraction of sp³-hybridized carbons (Fsp3) is 0.167. The van der Waals surface area contributed by atoms with Crippen LogP contribution in [0.25, 0.3) is 10.8 Å². The smallest absolute Gasteiger partial charge is 0.128 e. The van der Waals surface area contributed by atoms with Crippen LogP contribution in [0.1, 0.15) is 5.56 Å². The lowest BCUT2D eigenvalue weighted by molar-refractivity contribution is -0.116. The Bertz CT molecular complexity index is 496. The van der Waals surface area contributed by atoms with Crippen molar-refractivity contribution in [1.29, 1.82) is 0 Å². The fourth-order valence-corrected chi connectivity index (χ4v) is 1.54. The largest absolute Gasteiger partial charge is 0.300 e. The first kappa shape index (κ1) is 9.90. The number of Topliss-reactive ketones (excluding diaryl/α,β-unsaturated/α-hetero) is 1. The molecule has 1 aromatic heterocycles. The zero-order chi connectivity index (χ0) is 10.7. The third-order valence-electron chi connectivity index (χ3n) is 2.33. The predicted molar refractivity (Wildman–Crippen MR) is 61.0 cm³/mol. The van der Waals surface area contributed by atoms with Crippen LogP contribution >= 0.6 is 0 Å². The SMILES string of the molecule is [B]CC(=O)Cc1ccc2cnccc2c1. The van der Waals surface area contributed by atoms with Gasteiger partial charge in [0, 0.05) is 24.2 Å². The molecule has 0 aliphatic heterocycles. The van der Waals surface area contributed by atoms with Crippen LogP contribution in [0.2, 0.25) is 6.32 Å². The van der Waals surface area contributed by atoms with Crippen molar-refractivity contribution in [3.63, 3.8) is 0 Å². The van der Waals surface area contributed by atoms with Gasteiger partial charge in [-0.1, -0.05) is 18.2 Å². The monoisotopic (exact) mass is 195 g/mol. The van der Waals surface area contributed by atoms with E-state index in [2.05, 4.69) is 4.98 Å². The average molecular weight is 195 g/mol. The highest BCUT2D eigenvalue weighted by Gasteiger charge is 2.01. The van der Waals surface area contributed by atoms with Crippen LogP contribution < -0.4 is 0 Å². The molecule has 0 amide bonds. The van der Waals surface area contributed by atoms with E-state index in [9.17, 15) is 4.79 Å². The van der Waals surface area contributed by atoms with Gasteiger partial charge in [0.05, 0.1) is 7.85 Å². The van der Waals surface area contributed by atoms with Crippen molar-refractivity contribution in [2.24, 2.45) is 0 Å². The van der Waals surface area contributed by atoms with Crippen molar-refractivity contribution in [2.75, 3.05) is 0 Å². The molecule has 15 heavy (non-hydrogen) atoms. The molecule has 0 unspecified atom stereocenters. The number of hydrogen-bond acceptors (Lipinski definition) is 2. The van der Waals surface area contributed by atoms with E-state index in [0.29, 0.717) is 6.42 Å². The molecule has 0 saturated heterocycles. The van der Waals surface area contributed by atoms with Crippen molar-refractivity contribution in [1.82, 2.24) is 4.98 Å². The minimum absolute atomic E-state index is 0.0587. The van der Waals surface area contributed by atoms with E-state index < -0.39 is 0 Å². The molecule has 0 spiro atoms. The molecule has 3 heteroatoms. The summed E-state index contributed by atoms with van der Waals surface area (Å²) in [5.41, 5.74) is 1.00. The third-order valence-corrected chi connectivity index (χ3v) is 2.33. The summed E-state index contributed by atoms with van der Waals surface area (Å²) < 4.78 is 0. The highest BCUT2D eigenvalue weighted by molar-refractivity contribution is 6.20. The minimum Gasteiger partial charge on any atom is -0.300 e. The van der Waals surface area contributed by atoms with Gasteiger partial charge in [0.25, 0.3) is 0 Å². The van der Waals surface area contributed by atoms with Crippen molar-refractivity contribution in [2.45, 2.75) is 12.7 Å². The number of hydrogen-bond donors (Lipinski definition) is 0. The molecule has 2 rings (SSSR count). The second-order valence-corrected chi connectivity index (χ2v) is 3.48. The van der Waals surface area contributed by atoms with Gasteiger partial charge in [0.2, 0.25) is 0 Å². The van der Waals surface area contributed by atoms with Crippen LogP contribution in [0.15, 0.2) is 36.7 Å². The van der Waals surface area contributed by atoms with E-state index in [1.807, 2.05) is 30.5 Å². The molecule has 0 N–H and O–H groups in total. The number of fused-ring (bicyclic) bond motifs is 1. The topological polar surface area (TPSA) is 30.0 Å². The second kappa shape index (κ2) is 4.26. The van der Waals surface area contributed by atoms with Crippen molar-refractivity contribution in [3.05, 3.63) is 42.2 Å². The van der Waals surface area contributed by atoms with Crippen LogP contribution in [-0.4, -0.2) is 18.6 Å². The molecule has 0 aliphatic carbocycles. The van der Waals surface area contributed by atoms with Gasteiger partial charge < -0.3 is 4.79 Å². The molecule has 2 nitrogen and oxygen atoms in total. The van der Waals surface area contributed by atoms with Gasteiger partial charge in [-0.15, -0.1) is 0 Å². The standard InChI is InChI=1S/C12H10BNO/c13-7-12(15)6-9-1-2-11-8-14-4-3-10(11)5-9/h1-5,8H,6-7H2. The molecule has 1 aromatic carbocycles. The number of carbonyl (C=O) groups excluding carboxylic acids is 1. The predicted octanol–water partition coefficient (Wildman–Crippen LogP) is 1.93. The Morgan fingerprint density at radius 2 is 2.13 bits per heavy atom. The Kier molecular flexibility index (Phi) is 2.81. The number of rotatable bonds is 3. The molecule has 1 heterocycles. The highest BCUT2D eigenvalue weighted by Crippen LogP contribution is 2.15. The first-order valence-electron chi connectivity index (χ1n) is 4.84. The highest BCUT2D eigenvalue weighted by atomic mass is 16.1. The Labute approximate surface area is 89.7 Å². The number of benzene rings is 1. The Hall–Kier alpha value is -1.64. The van der Waals surface area contributed by atoms with Gasteiger partial charge >= 0.3 is 0 Å². The summed E-state index contributed by atoms with van der Waals surface area (Å²) >= 11 is 0. The molecule has 0 atom stereocenters. The zero-order valence-electron chi connectivity index (χ0n) is 8.31. The maximum atomic E-state index is 11.2. The maximum Gasteiger partial charge on any atom is 0.128 e. The number of nitrogens with zero attached hydrogens (tertiary/aromatic N) is 1. The van der Waals surface area contributed by atoms with E-state index in [1.165, 1.54) is 0 Å². The summed E-state index contributed by atoms with van der Waals surface area (Å²) in [7, 11) is 5.27. The first-order valence-corrected chi connectivity index (χ1v) is 4.84. The van der Waals surface area contributed by atoms with E-state index >= 15 is 0 Å². The minimum atomic E-state index is 0.0587. The summed E-state index contributed by atoms with van der Waals surface area (Å²) in [6, 6.07) is 7.86. The van der Waals surface area contributed by atoms with Crippen LogP contribution in [0.5, 0.6) is 0 Å². The number of ketones is 1. The van der Waals surface area contributed by atoms with Crippen LogP contribution in [0.3, 0.4) is 0 Å². The lowest BCUT2D eigenvalue weighted by Crippen LogP contribution is -2.00.